The number of nitrogens with two attached hydrogens (primary N) is 1. The van der Waals surface area contributed by atoms with Gasteiger partial charge in [0.1, 0.15) is 5.82 Å². The van der Waals surface area contributed by atoms with Crippen molar-refractivity contribution < 1.29 is 17.8 Å². The van der Waals surface area contributed by atoms with E-state index in [0.29, 0.717) is 12.2 Å². The van der Waals surface area contributed by atoms with Crippen molar-refractivity contribution in [3.8, 4) is 5.69 Å². The maximum absolute atomic E-state index is 12.1. The summed E-state index contributed by atoms with van der Waals surface area (Å²) in [4.78, 5) is 27.0. The molecule has 0 unspecified atom stereocenters. The lowest BCUT2D eigenvalue weighted by atomic mass is 10.3. The average Bonchev–Trinajstić information content (AvgIpc) is 3.10. The summed E-state index contributed by atoms with van der Waals surface area (Å²) in [5, 5.41) is 2.76. The van der Waals surface area contributed by atoms with Gasteiger partial charge in [-0.1, -0.05) is 34.1 Å². The molecule has 10 nitrogen and oxygen atoms in total. The first-order valence-electron chi connectivity index (χ1n) is 10.3. The molecule has 0 radical (unpaired) electrons. The van der Waals surface area contributed by atoms with Gasteiger partial charge in [0.25, 0.3) is 15.7 Å². The molecule has 2 rings (SSSR count). The summed E-state index contributed by atoms with van der Waals surface area (Å²) in [5.41, 5.74) is 5.24. The van der Waals surface area contributed by atoms with Crippen LogP contribution in [-0.4, -0.2) is 59.9 Å². The molecule has 0 saturated carbocycles. The molecule has 0 aliphatic rings. The fourth-order valence-corrected chi connectivity index (χ4v) is 3.30. The van der Waals surface area contributed by atoms with Crippen LogP contribution in [0.4, 0.5) is 10.6 Å². The number of anilines is 1. The Bertz CT molecular complexity index is 973. The molecule has 0 bridgehead atoms. The predicted molar refractivity (Wildman–Crippen MR) is 122 cm³/mol. The third-order valence-electron chi connectivity index (χ3n) is 4.73. The Balaban J connectivity index is 0.000000592. The summed E-state index contributed by atoms with van der Waals surface area (Å²) in [7, 11) is -4.31. The summed E-state index contributed by atoms with van der Waals surface area (Å²) in [6.45, 7) is 12.5. The van der Waals surface area contributed by atoms with Gasteiger partial charge in [-0.25, -0.2) is 9.48 Å². The van der Waals surface area contributed by atoms with Crippen molar-refractivity contribution in [3.63, 3.8) is 0 Å². The Morgan fingerprint density at radius 2 is 1.65 bits per heavy atom. The highest BCUT2D eigenvalue weighted by Gasteiger charge is 2.16. The maximum atomic E-state index is 12.1. The van der Waals surface area contributed by atoms with Gasteiger partial charge in [-0.3, -0.25) is 19.3 Å². The highest BCUT2D eigenvalue weighted by Crippen LogP contribution is 2.15. The highest BCUT2D eigenvalue weighted by molar-refractivity contribution is 7.85. The number of hydrogen-bond donors (Lipinski definition) is 3. The summed E-state index contributed by atoms with van der Waals surface area (Å²) in [6, 6.07) is 5.59. The van der Waals surface area contributed by atoms with Gasteiger partial charge in [0.2, 0.25) is 0 Å². The Morgan fingerprint density at radius 3 is 2.03 bits per heavy atom. The Morgan fingerprint density at radius 1 is 1.10 bits per heavy atom. The van der Waals surface area contributed by atoms with Gasteiger partial charge in [-0.2, -0.15) is 8.42 Å². The van der Waals surface area contributed by atoms with E-state index in [0.717, 1.165) is 17.5 Å². The normalized spacial score (nSPS) is 11.2. The van der Waals surface area contributed by atoms with E-state index in [4.69, 9.17) is 10.3 Å². The number of carbonyl (C=O) groups excluding carboxylic acids is 1. The third kappa shape index (κ3) is 7.85. The van der Waals surface area contributed by atoms with E-state index in [1.165, 1.54) is 54.9 Å². The molecule has 174 valence electrons. The van der Waals surface area contributed by atoms with Crippen molar-refractivity contribution in [3.05, 3.63) is 40.7 Å². The summed E-state index contributed by atoms with van der Waals surface area (Å²) >= 11 is 0. The van der Waals surface area contributed by atoms with E-state index in [2.05, 4.69) is 30.8 Å². The van der Waals surface area contributed by atoms with Crippen LogP contribution in [0.25, 0.3) is 5.69 Å². The molecule has 1 aromatic heterocycles. The number of rotatable bonds is 9. The standard InChI is InChI=1S/C14H18N4O5S.C6H15N/c1-2-3-8-17(14(15)20)12-9-13(19)18(16-12)10-4-6-11(7-5-10)24(21,22)23;1-4-7(5-2)6-3/h4-7,9,16H,2-3,8H2,1H3,(H2,15,20)(H,21,22,23);4-6H2,1-3H3. The summed E-state index contributed by atoms with van der Waals surface area (Å²) in [6.07, 6.45) is 1.57. The van der Waals surface area contributed by atoms with Crippen LogP contribution in [0, 0.1) is 0 Å². The van der Waals surface area contributed by atoms with Crippen molar-refractivity contribution in [2.45, 2.75) is 45.4 Å². The smallest absolute Gasteiger partial charge is 0.320 e. The lowest BCUT2D eigenvalue weighted by Gasteiger charge is -2.17. The molecule has 1 heterocycles. The number of urea groups is 1. The fourth-order valence-electron chi connectivity index (χ4n) is 2.82. The van der Waals surface area contributed by atoms with Crippen LogP contribution in [0.2, 0.25) is 0 Å². The summed E-state index contributed by atoms with van der Waals surface area (Å²) < 4.78 is 32.2. The minimum absolute atomic E-state index is 0.250. The number of hydrogen-bond acceptors (Lipinski definition) is 5. The first kappa shape index (κ1) is 26.4. The van der Waals surface area contributed by atoms with E-state index in [1.807, 2.05) is 6.92 Å². The molecule has 1 aromatic carbocycles. The minimum Gasteiger partial charge on any atom is -0.351 e. The van der Waals surface area contributed by atoms with E-state index in [9.17, 15) is 18.0 Å². The van der Waals surface area contributed by atoms with Crippen molar-refractivity contribution in [1.82, 2.24) is 14.7 Å². The second kappa shape index (κ2) is 12.3. The Labute approximate surface area is 183 Å². The molecule has 31 heavy (non-hydrogen) atoms. The molecular weight excluding hydrogens is 422 g/mol. The molecule has 4 N–H and O–H groups in total. The number of aromatic amines is 1. The van der Waals surface area contributed by atoms with E-state index in [-0.39, 0.29) is 10.7 Å². The van der Waals surface area contributed by atoms with Crippen LogP contribution in [-0.2, 0) is 10.1 Å². The average molecular weight is 456 g/mol. The van der Waals surface area contributed by atoms with Crippen LogP contribution in [0.3, 0.4) is 0 Å². The number of unbranched alkanes of at least 4 members (excludes halogenated alkanes) is 1. The molecule has 2 amide bonds. The topological polar surface area (TPSA) is 142 Å². The SMILES string of the molecule is CCCCN(C(N)=O)c1cc(=O)n(-c2ccc(S(=O)(=O)O)cc2)[nH]1.CCN(CC)CC. The van der Waals surface area contributed by atoms with Gasteiger partial charge < -0.3 is 10.6 Å². The molecule has 0 aliphatic heterocycles. The van der Waals surface area contributed by atoms with Crippen LogP contribution in [0.1, 0.15) is 40.5 Å². The number of primary amides is 1. The Kier molecular flexibility index (Phi) is 10.5. The van der Waals surface area contributed by atoms with Crippen molar-refractivity contribution in [2.75, 3.05) is 31.1 Å². The second-order valence-corrected chi connectivity index (χ2v) is 8.17. The number of amides is 2. The largest absolute Gasteiger partial charge is 0.351 e. The number of benzene rings is 1. The van der Waals surface area contributed by atoms with Crippen LogP contribution in [0.5, 0.6) is 0 Å². The van der Waals surface area contributed by atoms with Gasteiger partial charge in [0.15, 0.2) is 0 Å². The molecule has 0 spiro atoms. The first-order chi connectivity index (χ1) is 14.6. The number of nitrogens with one attached hydrogen (secondary N) is 1. The number of carbonyl (C=O) groups is 1. The number of H-pyrrole nitrogens is 1. The van der Waals surface area contributed by atoms with Gasteiger partial charge in [-0.05, 0) is 50.3 Å². The fraction of sp³-hybridized carbons (Fsp3) is 0.500. The molecule has 0 aliphatic carbocycles. The zero-order valence-electron chi connectivity index (χ0n) is 18.5. The van der Waals surface area contributed by atoms with Crippen LogP contribution < -0.4 is 16.2 Å². The molecule has 0 atom stereocenters. The van der Waals surface area contributed by atoms with Crippen molar-refractivity contribution in [2.24, 2.45) is 5.73 Å². The quantitative estimate of drug-likeness (QED) is 0.496. The van der Waals surface area contributed by atoms with E-state index in [1.54, 1.807) is 0 Å². The second-order valence-electron chi connectivity index (χ2n) is 6.75. The minimum atomic E-state index is -4.31. The molecular formula is C20H33N5O5S. The lowest BCUT2D eigenvalue weighted by Crippen LogP contribution is -2.36. The van der Waals surface area contributed by atoms with Crippen LogP contribution >= 0.6 is 0 Å². The number of aromatic nitrogens is 2. The first-order valence-corrected chi connectivity index (χ1v) is 11.7. The predicted octanol–water partition coefficient (Wildman–Crippen LogP) is 2.45. The monoisotopic (exact) mass is 455 g/mol. The third-order valence-corrected chi connectivity index (χ3v) is 5.60. The maximum Gasteiger partial charge on any atom is 0.320 e. The molecule has 11 heteroatoms. The van der Waals surface area contributed by atoms with Gasteiger partial charge in [0.05, 0.1) is 10.6 Å². The van der Waals surface area contributed by atoms with Crippen LogP contribution in [0.15, 0.2) is 40.0 Å². The van der Waals surface area contributed by atoms with Crippen molar-refractivity contribution in [1.29, 1.82) is 0 Å². The molecule has 0 saturated heterocycles. The highest BCUT2D eigenvalue weighted by atomic mass is 32.2. The lowest BCUT2D eigenvalue weighted by molar-refractivity contribution is 0.253. The summed E-state index contributed by atoms with van der Waals surface area (Å²) in [5.74, 6) is 0.250. The van der Waals surface area contributed by atoms with Crippen molar-refractivity contribution >= 4 is 22.0 Å². The molecule has 0 fully saturated rings. The van der Waals surface area contributed by atoms with E-state index >= 15 is 0 Å². The zero-order chi connectivity index (χ0) is 23.6. The number of nitrogens with zero attached hydrogens (tertiary/aromatic N) is 3. The Hall–Kier alpha value is -2.63. The molecule has 2 aromatic rings. The zero-order valence-corrected chi connectivity index (χ0v) is 19.4. The van der Waals surface area contributed by atoms with E-state index < -0.39 is 21.7 Å². The van der Waals surface area contributed by atoms with Gasteiger partial charge >= 0.3 is 6.03 Å². The van der Waals surface area contributed by atoms with Gasteiger partial charge in [0, 0.05) is 12.6 Å². The van der Waals surface area contributed by atoms with Gasteiger partial charge in [-0.15, -0.1) is 0 Å².